The van der Waals surface area contributed by atoms with Gasteiger partial charge in [0.1, 0.15) is 0 Å². The molecule has 1 aromatic carbocycles. The lowest BCUT2D eigenvalue weighted by molar-refractivity contribution is 0.0908. The normalized spacial score (nSPS) is 13.5. The molecule has 0 heterocycles. The van der Waals surface area contributed by atoms with Gasteiger partial charge in [0.15, 0.2) is 11.6 Å². The van der Waals surface area contributed by atoms with E-state index in [0.717, 1.165) is 13.1 Å². The van der Waals surface area contributed by atoms with E-state index in [1.165, 1.54) is 7.11 Å². The standard InChI is InChI=1S/C16H28FN3O/c1-6-20(7-2)16(3,4)14(19-18)11-12-9-8-10-13(21-5)15(12)17/h8-10,14,19H,6-7,11,18H2,1-5H3. The summed E-state index contributed by atoms with van der Waals surface area (Å²) in [5.74, 6) is 5.70. The molecule has 0 aromatic heterocycles. The zero-order valence-corrected chi connectivity index (χ0v) is 13.7. The van der Waals surface area contributed by atoms with Gasteiger partial charge in [-0.3, -0.25) is 16.2 Å². The summed E-state index contributed by atoms with van der Waals surface area (Å²) >= 11 is 0. The Morgan fingerprint density at radius 1 is 1.33 bits per heavy atom. The predicted molar refractivity (Wildman–Crippen MR) is 84.8 cm³/mol. The van der Waals surface area contributed by atoms with Gasteiger partial charge in [0.05, 0.1) is 7.11 Å². The van der Waals surface area contributed by atoms with Crippen LogP contribution < -0.4 is 16.0 Å². The summed E-state index contributed by atoms with van der Waals surface area (Å²) in [7, 11) is 1.47. The largest absolute Gasteiger partial charge is 0.494 e. The van der Waals surface area contributed by atoms with E-state index in [9.17, 15) is 4.39 Å². The van der Waals surface area contributed by atoms with Crippen LogP contribution in [0.2, 0.25) is 0 Å². The quantitative estimate of drug-likeness (QED) is 0.571. The molecule has 5 heteroatoms. The molecule has 0 fully saturated rings. The van der Waals surface area contributed by atoms with E-state index in [1.807, 2.05) is 0 Å². The molecule has 0 saturated carbocycles. The summed E-state index contributed by atoms with van der Waals surface area (Å²) in [6.45, 7) is 10.3. The Kier molecular flexibility index (Phi) is 6.58. The van der Waals surface area contributed by atoms with Crippen LogP contribution in [0.3, 0.4) is 0 Å². The second kappa shape index (κ2) is 7.73. The minimum atomic E-state index is -0.310. The third-order valence-electron chi connectivity index (χ3n) is 4.32. The van der Waals surface area contributed by atoms with Gasteiger partial charge in [-0.1, -0.05) is 26.0 Å². The van der Waals surface area contributed by atoms with Gasteiger partial charge >= 0.3 is 0 Å². The number of hydrogen-bond acceptors (Lipinski definition) is 4. The van der Waals surface area contributed by atoms with Crippen LogP contribution in [0, 0.1) is 5.82 Å². The summed E-state index contributed by atoms with van der Waals surface area (Å²) in [4.78, 5) is 2.32. The monoisotopic (exact) mass is 297 g/mol. The first kappa shape index (κ1) is 17.9. The molecule has 0 saturated heterocycles. The zero-order chi connectivity index (χ0) is 16.0. The Bertz CT molecular complexity index is 447. The van der Waals surface area contributed by atoms with E-state index in [2.05, 4.69) is 38.0 Å². The van der Waals surface area contributed by atoms with Crippen molar-refractivity contribution in [3.8, 4) is 5.75 Å². The lowest BCUT2D eigenvalue weighted by Gasteiger charge is -2.43. The number of nitrogens with two attached hydrogens (primary N) is 1. The number of nitrogens with one attached hydrogen (secondary N) is 1. The molecule has 0 bridgehead atoms. The molecule has 120 valence electrons. The van der Waals surface area contributed by atoms with Crippen molar-refractivity contribution >= 4 is 0 Å². The molecule has 0 amide bonds. The summed E-state index contributed by atoms with van der Waals surface area (Å²) in [5, 5.41) is 0. The average Bonchev–Trinajstić information content (AvgIpc) is 2.46. The molecule has 1 rings (SSSR count). The van der Waals surface area contributed by atoms with Gasteiger partial charge < -0.3 is 4.74 Å². The smallest absolute Gasteiger partial charge is 0.168 e. The lowest BCUT2D eigenvalue weighted by Crippen LogP contribution is -2.60. The number of nitrogens with zero attached hydrogens (tertiary/aromatic N) is 1. The van der Waals surface area contributed by atoms with Gasteiger partial charge in [0.2, 0.25) is 0 Å². The van der Waals surface area contributed by atoms with Gasteiger partial charge in [-0.05, 0) is 45.0 Å². The Balaban J connectivity index is 3.02. The van der Waals surface area contributed by atoms with Crippen molar-refractivity contribution in [2.45, 2.75) is 45.7 Å². The summed E-state index contributed by atoms with van der Waals surface area (Å²) in [6, 6.07) is 5.13. The lowest BCUT2D eigenvalue weighted by atomic mass is 9.87. The van der Waals surface area contributed by atoms with E-state index in [-0.39, 0.29) is 23.1 Å². The van der Waals surface area contributed by atoms with Crippen LogP contribution in [0.4, 0.5) is 4.39 Å². The molecular weight excluding hydrogens is 269 g/mol. The molecular formula is C16H28FN3O. The predicted octanol–water partition coefficient (Wildman–Crippen LogP) is 2.33. The van der Waals surface area contributed by atoms with Crippen molar-refractivity contribution in [2.75, 3.05) is 20.2 Å². The maximum atomic E-state index is 14.3. The van der Waals surface area contributed by atoms with Crippen molar-refractivity contribution in [2.24, 2.45) is 5.84 Å². The molecule has 4 nitrogen and oxygen atoms in total. The first-order valence-corrected chi connectivity index (χ1v) is 7.44. The topological polar surface area (TPSA) is 50.5 Å². The fourth-order valence-electron chi connectivity index (χ4n) is 2.86. The highest BCUT2D eigenvalue weighted by atomic mass is 19.1. The SMILES string of the molecule is CCN(CC)C(C)(C)C(Cc1cccc(OC)c1F)NN. The fourth-order valence-corrected chi connectivity index (χ4v) is 2.86. The molecule has 0 aliphatic heterocycles. The summed E-state index contributed by atoms with van der Waals surface area (Å²) in [6.07, 6.45) is 0.503. The first-order valence-electron chi connectivity index (χ1n) is 7.44. The molecule has 1 atom stereocenters. The third-order valence-corrected chi connectivity index (χ3v) is 4.32. The van der Waals surface area contributed by atoms with Crippen LogP contribution >= 0.6 is 0 Å². The average molecular weight is 297 g/mol. The third kappa shape index (κ3) is 3.93. The van der Waals surface area contributed by atoms with Gasteiger partial charge in [-0.25, -0.2) is 4.39 Å². The van der Waals surface area contributed by atoms with Crippen molar-refractivity contribution in [1.29, 1.82) is 0 Å². The minimum Gasteiger partial charge on any atom is -0.494 e. The number of ether oxygens (including phenoxy) is 1. The van der Waals surface area contributed by atoms with Crippen LogP contribution in [-0.2, 0) is 6.42 Å². The highest BCUT2D eigenvalue weighted by Crippen LogP contribution is 2.25. The van der Waals surface area contributed by atoms with E-state index in [1.54, 1.807) is 18.2 Å². The van der Waals surface area contributed by atoms with Crippen molar-refractivity contribution < 1.29 is 9.13 Å². The van der Waals surface area contributed by atoms with Crippen LogP contribution in [0.25, 0.3) is 0 Å². The van der Waals surface area contributed by atoms with Crippen LogP contribution in [-0.4, -0.2) is 36.7 Å². The van der Waals surface area contributed by atoms with Crippen LogP contribution in [0.5, 0.6) is 5.75 Å². The number of benzene rings is 1. The molecule has 3 N–H and O–H groups in total. The minimum absolute atomic E-state index is 0.0704. The maximum Gasteiger partial charge on any atom is 0.168 e. The number of rotatable bonds is 8. The van der Waals surface area contributed by atoms with E-state index in [0.29, 0.717) is 12.0 Å². The second-order valence-corrected chi connectivity index (χ2v) is 5.68. The summed E-state index contributed by atoms with van der Waals surface area (Å²) < 4.78 is 19.4. The van der Waals surface area contributed by atoms with Crippen molar-refractivity contribution in [3.05, 3.63) is 29.6 Å². The van der Waals surface area contributed by atoms with Gasteiger partial charge in [0, 0.05) is 11.6 Å². The molecule has 1 aromatic rings. The second-order valence-electron chi connectivity index (χ2n) is 5.68. The molecule has 0 aliphatic carbocycles. The van der Waals surface area contributed by atoms with Crippen LogP contribution in [0.15, 0.2) is 18.2 Å². The van der Waals surface area contributed by atoms with E-state index >= 15 is 0 Å². The molecule has 0 spiro atoms. The van der Waals surface area contributed by atoms with Crippen molar-refractivity contribution in [3.63, 3.8) is 0 Å². The molecule has 0 aliphatic rings. The number of hydrazine groups is 1. The summed E-state index contributed by atoms with van der Waals surface area (Å²) in [5.41, 5.74) is 3.28. The number of halogens is 1. The molecule has 21 heavy (non-hydrogen) atoms. The Labute approximate surface area is 127 Å². The van der Waals surface area contributed by atoms with Crippen LogP contribution in [0.1, 0.15) is 33.3 Å². The molecule has 1 unspecified atom stereocenters. The number of methoxy groups -OCH3 is 1. The van der Waals surface area contributed by atoms with Crippen molar-refractivity contribution in [1.82, 2.24) is 10.3 Å². The fraction of sp³-hybridized carbons (Fsp3) is 0.625. The molecule has 0 radical (unpaired) electrons. The Morgan fingerprint density at radius 2 is 1.95 bits per heavy atom. The Hall–Kier alpha value is -1.17. The van der Waals surface area contributed by atoms with Gasteiger partial charge in [0.25, 0.3) is 0 Å². The van der Waals surface area contributed by atoms with E-state index < -0.39 is 0 Å². The first-order chi connectivity index (χ1) is 9.92. The maximum absolute atomic E-state index is 14.3. The Morgan fingerprint density at radius 3 is 2.43 bits per heavy atom. The highest BCUT2D eigenvalue weighted by Gasteiger charge is 2.34. The number of likely N-dealkylation sites (N-methyl/N-ethyl adjacent to an activating group) is 1. The zero-order valence-electron chi connectivity index (χ0n) is 13.7. The van der Waals surface area contributed by atoms with Gasteiger partial charge in [-0.2, -0.15) is 0 Å². The van der Waals surface area contributed by atoms with Gasteiger partial charge in [-0.15, -0.1) is 0 Å². The highest BCUT2D eigenvalue weighted by molar-refractivity contribution is 5.32. The van der Waals surface area contributed by atoms with E-state index in [4.69, 9.17) is 10.6 Å². The number of hydrogen-bond donors (Lipinski definition) is 2.